The second-order valence-corrected chi connectivity index (χ2v) is 4.15. The maximum atomic E-state index is 13.7. The number of hydrogen-bond donors (Lipinski definition) is 0. The molecular formula is C12H11FN2OS. The Morgan fingerprint density at radius 2 is 2.18 bits per heavy atom. The van der Waals surface area contributed by atoms with E-state index in [-0.39, 0.29) is 10.8 Å². The molecule has 0 spiro atoms. The topological polar surface area (TPSA) is 27.1 Å². The summed E-state index contributed by atoms with van der Waals surface area (Å²) in [6.07, 6.45) is 1.67. The van der Waals surface area contributed by atoms with E-state index in [1.54, 1.807) is 37.0 Å². The van der Waals surface area contributed by atoms with Crippen molar-refractivity contribution in [1.29, 1.82) is 0 Å². The second kappa shape index (κ2) is 4.63. The molecule has 2 rings (SSSR count). The summed E-state index contributed by atoms with van der Waals surface area (Å²) in [4.78, 5) is 0. The molecule has 0 bridgehead atoms. The third-order valence-corrected chi connectivity index (χ3v) is 2.39. The minimum absolute atomic E-state index is 0.142. The first-order valence-corrected chi connectivity index (χ1v) is 5.45. The Bertz CT molecular complexity index is 565. The second-order valence-electron chi connectivity index (χ2n) is 3.58. The van der Waals surface area contributed by atoms with Crippen molar-refractivity contribution in [2.75, 3.05) is 0 Å². The van der Waals surface area contributed by atoms with Gasteiger partial charge in [0.05, 0.1) is 5.69 Å². The van der Waals surface area contributed by atoms with Crippen molar-refractivity contribution in [2.24, 2.45) is 7.05 Å². The summed E-state index contributed by atoms with van der Waals surface area (Å²) in [6.45, 7) is 1.60. The van der Waals surface area contributed by atoms with Crippen LogP contribution in [-0.2, 0) is 7.05 Å². The van der Waals surface area contributed by atoms with Crippen molar-refractivity contribution in [3.05, 3.63) is 36.3 Å². The van der Waals surface area contributed by atoms with Crippen LogP contribution in [0, 0.1) is 5.82 Å². The molecule has 0 N–H and O–H groups in total. The van der Waals surface area contributed by atoms with Gasteiger partial charge in [-0.25, -0.2) is 4.39 Å². The van der Waals surface area contributed by atoms with Crippen LogP contribution in [0.4, 0.5) is 4.39 Å². The van der Waals surface area contributed by atoms with Crippen LogP contribution in [0.25, 0.3) is 11.3 Å². The Kier molecular flexibility index (Phi) is 3.19. The number of thiocarbonyl (C=S) groups is 1. The third kappa shape index (κ3) is 2.50. The van der Waals surface area contributed by atoms with Crippen LogP contribution < -0.4 is 4.74 Å². The van der Waals surface area contributed by atoms with Crippen molar-refractivity contribution in [3.8, 4) is 17.0 Å². The molecule has 2 aromatic rings. The molecule has 88 valence electrons. The average Bonchev–Trinajstić information content (AvgIpc) is 2.67. The lowest BCUT2D eigenvalue weighted by Gasteiger charge is -2.07. The van der Waals surface area contributed by atoms with Crippen LogP contribution in [-0.4, -0.2) is 14.8 Å². The van der Waals surface area contributed by atoms with Gasteiger partial charge in [0.15, 0.2) is 16.6 Å². The summed E-state index contributed by atoms with van der Waals surface area (Å²) in [5, 5.41) is 4.32. The predicted molar refractivity (Wildman–Crippen MR) is 67.5 cm³/mol. The van der Waals surface area contributed by atoms with E-state index in [1.807, 2.05) is 6.07 Å². The molecule has 0 amide bonds. The lowest BCUT2D eigenvalue weighted by Crippen LogP contribution is -2.01. The molecule has 1 aromatic carbocycles. The van der Waals surface area contributed by atoms with Gasteiger partial charge in [-0.05, 0) is 36.5 Å². The Morgan fingerprint density at radius 3 is 2.71 bits per heavy atom. The maximum Gasteiger partial charge on any atom is 0.166 e. The van der Waals surface area contributed by atoms with Crippen molar-refractivity contribution in [1.82, 2.24) is 9.78 Å². The van der Waals surface area contributed by atoms with Gasteiger partial charge in [-0.1, -0.05) is 0 Å². The Morgan fingerprint density at radius 1 is 1.41 bits per heavy atom. The Labute approximate surface area is 104 Å². The standard InChI is InChI=1S/C12H11FN2OS/c1-8(17)16-12-4-3-9(7-10(12)13)11-5-6-14-15(11)2/h3-7H,1-2H3. The molecule has 0 saturated carbocycles. The fraction of sp³-hybridized carbons (Fsp3) is 0.167. The quantitative estimate of drug-likeness (QED) is 0.767. The number of hydrogen-bond acceptors (Lipinski definition) is 3. The van der Waals surface area contributed by atoms with Crippen molar-refractivity contribution >= 4 is 17.3 Å². The molecule has 17 heavy (non-hydrogen) atoms. The molecule has 1 heterocycles. The van der Waals surface area contributed by atoms with Gasteiger partial charge in [0.25, 0.3) is 0 Å². The lowest BCUT2D eigenvalue weighted by molar-refractivity contribution is 0.497. The van der Waals surface area contributed by atoms with E-state index < -0.39 is 5.82 Å². The van der Waals surface area contributed by atoms with Crippen LogP contribution in [0.2, 0.25) is 0 Å². The Balaban J connectivity index is 2.37. The van der Waals surface area contributed by atoms with Crippen LogP contribution >= 0.6 is 12.2 Å². The summed E-state index contributed by atoms with van der Waals surface area (Å²) >= 11 is 4.77. The summed E-state index contributed by atoms with van der Waals surface area (Å²) in [5.41, 5.74) is 1.59. The maximum absolute atomic E-state index is 13.7. The summed E-state index contributed by atoms with van der Waals surface area (Å²) in [7, 11) is 1.80. The van der Waals surface area contributed by atoms with Crippen LogP contribution in [0.15, 0.2) is 30.5 Å². The highest BCUT2D eigenvalue weighted by atomic mass is 32.1. The lowest BCUT2D eigenvalue weighted by atomic mass is 10.1. The van der Waals surface area contributed by atoms with E-state index in [0.29, 0.717) is 0 Å². The van der Waals surface area contributed by atoms with Crippen LogP contribution in [0.3, 0.4) is 0 Å². The molecule has 1 aromatic heterocycles. The van der Waals surface area contributed by atoms with E-state index in [2.05, 4.69) is 5.10 Å². The fourth-order valence-electron chi connectivity index (χ4n) is 1.55. The Hall–Kier alpha value is -1.75. The molecule has 0 aliphatic rings. The molecule has 5 heteroatoms. The van der Waals surface area contributed by atoms with Gasteiger partial charge in [-0.3, -0.25) is 4.68 Å². The van der Waals surface area contributed by atoms with Crippen molar-refractivity contribution in [2.45, 2.75) is 6.92 Å². The van der Waals surface area contributed by atoms with Crippen molar-refractivity contribution < 1.29 is 9.13 Å². The molecular weight excluding hydrogens is 239 g/mol. The highest BCUT2D eigenvalue weighted by Crippen LogP contribution is 2.25. The number of rotatable bonds is 2. The number of benzene rings is 1. The summed E-state index contributed by atoms with van der Waals surface area (Å²) in [6, 6.07) is 6.56. The SMILES string of the molecule is CC(=S)Oc1ccc(-c2ccnn2C)cc1F. The molecule has 0 fully saturated rings. The number of aromatic nitrogens is 2. The van der Waals surface area contributed by atoms with E-state index >= 15 is 0 Å². The monoisotopic (exact) mass is 250 g/mol. The predicted octanol–water partition coefficient (Wildman–Crippen LogP) is 2.95. The smallest absolute Gasteiger partial charge is 0.166 e. The van der Waals surface area contributed by atoms with Gasteiger partial charge in [0, 0.05) is 25.7 Å². The highest BCUT2D eigenvalue weighted by Gasteiger charge is 2.09. The molecule has 0 atom stereocenters. The fourth-order valence-corrected chi connectivity index (χ4v) is 1.64. The normalized spacial score (nSPS) is 10.3. The van der Waals surface area contributed by atoms with Gasteiger partial charge in [0.2, 0.25) is 0 Å². The number of ether oxygens (including phenoxy) is 1. The van der Waals surface area contributed by atoms with Crippen LogP contribution in [0.1, 0.15) is 6.92 Å². The summed E-state index contributed by atoms with van der Waals surface area (Å²) in [5.74, 6) is -0.295. The molecule has 3 nitrogen and oxygen atoms in total. The first-order chi connectivity index (χ1) is 8.08. The number of nitrogens with zero attached hydrogens (tertiary/aromatic N) is 2. The van der Waals surface area contributed by atoms with E-state index in [9.17, 15) is 4.39 Å². The van der Waals surface area contributed by atoms with Gasteiger partial charge in [-0.2, -0.15) is 5.10 Å². The van der Waals surface area contributed by atoms with E-state index in [1.165, 1.54) is 6.07 Å². The highest BCUT2D eigenvalue weighted by molar-refractivity contribution is 7.80. The van der Waals surface area contributed by atoms with Gasteiger partial charge < -0.3 is 4.74 Å². The zero-order chi connectivity index (χ0) is 12.4. The number of aryl methyl sites for hydroxylation is 1. The first kappa shape index (κ1) is 11.7. The average molecular weight is 250 g/mol. The molecule has 0 aliphatic carbocycles. The van der Waals surface area contributed by atoms with Gasteiger partial charge in [0.1, 0.15) is 0 Å². The van der Waals surface area contributed by atoms with Crippen molar-refractivity contribution in [3.63, 3.8) is 0 Å². The van der Waals surface area contributed by atoms with E-state index in [0.717, 1.165) is 11.3 Å². The minimum atomic E-state index is -0.437. The summed E-state index contributed by atoms with van der Waals surface area (Å²) < 4.78 is 20.5. The third-order valence-electron chi connectivity index (χ3n) is 2.30. The molecule has 0 saturated heterocycles. The number of halogens is 1. The minimum Gasteiger partial charge on any atom is -0.448 e. The van der Waals surface area contributed by atoms with Gasteiger partial charge in [-0.15, -0.1) is 0 Å². The molecule has 0 aliphatic heterocycles. The first-order valence-electron chi connectivity index (χ1n) is 5.04. The molecule has 0 unspecified atom stereocenters. The largest absolute Gasteiger partial charge is 0.448 e. The van der Waals surface area contributed by atoms with Crippen LogP contribution in [0.5, 0.6) is 5.75 Å². The zero-order valence-corrected chi connectivity index (χ0v) is 10.3. The van der Waals surface area contributed by atoms with E-state index in [4.69, 9.17) is 17.0 Å². The zero-order valence-electron chi connectivity index (χ0n) is 9.48. The molecule has 0 radical (unpaired) electrons. The van der Waals surface area contributed by atoms with Gasteiger partial charge >= 0.3 is 0 Å².